The van der Waals surface area contributed by atoms with Gasteiger partial charge in [0.25, 0.3) is 0 Å². The van der Waals surface area contributed by atoms with E-state index in [-0.39, 0.29) is 18.5 Å². The number of nitrogens with one attached hydrogen (secondary N) is 1. The van der Waals surface area contributed by atoms with E-state index in [2.05, 4.69) is 15.5 Å². The molecule has 0 saturated heterocycles. The second kappa shape index (κ2) is 8.53. The molecule has 1 N–H and O–H groups in total. The lowest BCUT2D eigenvalue weighted by Crippen LogP contribution is -2.14. The average Bonchev–Trinajstić information content (AvgIpc) is 3.45. The van der Waals surface area contributed by atoms with E-state index in [9.17, 15) is 4.79 Å². The maximum Gasteiger partial charge on any atom is 0.234 e. The molecule has 1 aliphatic heterocycles. The lowest BCUT2D eigenvalue weighted by atomic mass is 10.2. The SMILES string of the molecule is O=C(CSc1nnc(-c2ccccc2)n1-c1ccccc1)Nc1ccc2c(c1)OCO2. The standard InChI is InChI=1S/C23H18N4O3S/c28-21(24-17-11-12-19-20(13-17)30-15-29-19)14-31-23-26-25-22(16-7-3-1-4-8-16)27(23)18-9-5-2-6-10-18/h1-13H,14-15H2,(H,24,28). The number of hydrogen-bond acceptors (Lipinski definition) is 6. The van der Waals surface area contributed by atoms with Gasteiger partial charge in [-0.15, -0.1) is 10.2 Å². The molecule has 0 unspecified atom stereocenters. The minimum Gasteiger partial charge on any atom is -0.454 e. The van der Waals surface area contributed by atoms with Crippen molar-refractivity contribution in [3.8, 4) is 28.6 Å². The molecule has 1 aliphatic rings. The number of carbonyl (C=O) groups excluding carboxylic acids is 1. The van der Waals surface area contributed by atoms with Gasteiger partial charge in [0, 0.05) is 23.0 Å². The van der Waals surface area contributed by atoms with Crippen LogP contribution in [-0.4, -0.2) is 33.2 Å². The number of para-hydroxylation sites is 1. The quantitative estimate of drug-likeness (QED) is 0.457. The van der Waals surface area contributed by atoms with Crippen molar-refractivity contribution in [2.75, 3.05) is 17.9 Å². The predicted octanol–water partition coefficient (Wildman–Crippen LogP) is 4.39. The topological polar surface area (TPSA) is 78.3 Å². The Morgan fingerprint density at radius 3 is 2.48 bits per heavy atom. The summed E-state index contributed by atoms with van der Waals surface area (Å²) in [6.45, 7) is 0.196. The van der Waals surface area contributed by atoms with Gasteiger partial charge in [-0.2, -0.15) is 0 Å². The average molecular weight is 430 g/mol. The van der Waals surface area contributed by atoms with Gasteiger partial charge < -0.3 is 14.8 Å². The van der Waals surface area contributed by atoms with E-state index in [1.54, 1.807) is 18.2 Å². The van der Waals surface area contributed by atoms with Crippen molar-refractivity contribution in [3.05, 3.63) is 78.9 Å². The highest BCUT2D eigenvalue weighted by Gasteiger charge is 2.18. The molecule has 1 amide bonds. The molecule has 0 aliphatic carbocycles. The van der Waals surface area contributed by atoms with Crippen LogP contribution in [0.15, 0.2) is 84.0 Å². The van der Waals surface area contributed by atoms with Gasteiger partial charge in [0.15, 0.2) is 22.5 Å². The number of ether oxygens (including phenoxy) is 2. The first-order valence-corrected chi connectivity index (χ1v) is 10.6. The fourth-order valence-corrected chi connectivity index (χ4v) is 4.00. The Kier molecular flexibility index (Phi) is 5.28. The first-order valence-electron chi connectivity index (χ1n) is 9.66. The van der Waals surface area contributed by atoms with Crippen LogP contribution in [-0.2, 0) is 4.79 Å². The maximum atomic E-state index is 12.5. The number of benzene rings is 3. The minimum atomic E-state index is -0.146. The number of amides is 1. The van der Waals surface area contributed by atoms with Crippen molar-refractivity contribution in [2.24, 2.45) is 0 Å². The van der Waals surface area contributed by atoms with E-state index < -0.39 is 0 Å². The van der Waals surface area contributed by atoms with Crippen LogP contribution in [0.25, 0.3) is 17.1 Å². The normalized spacial score (nSPS) is 12.0. The summed E-state index contributed by atoms with van der Waals surface area (Å²) < 4.78 is 12.6. The molecular formula is C23H18N4O3S. The fraction of sp³-hybridized carbons (Fsp3) is 0.0870. The Balaban J connectivity index is 1.35. The van der Waals surface area contributed by atoms with Gasteiger partial charge in [0.1, 0.15) is 0 Å². The second-order valence-corrected chi connectivity index (χ2v) is 7.69. The Morgan fingerprint density at radius 2 is 1.68 bits per heavy atom. The van der Waals surface area contributed by atoms with Gasteiger partial charge in [-0.1, -0.05) is 60.3 Å². The summed E-state index contributed by atoms with van der Waals surface area (Å²) in [5.74, 6) is 2.07. The zero-order valence-electron chi connectivity index (χ0n) is 16.4. The van der Waals surface area contributed by atoms with Crippen molar-refractivity contribution in [2.45, 2.75) is 5.16 Å². The highest BCUT2D eigenvalue weighted by molar-refractivity contribution is 7.99. The number of hydrogen-bond donors (Lipinski definition) is 1. The first-order chi connectivity index (χ1) is 15.3. The molecule has 2 heterocycles. The van der Waals surface area contributed by atoms with Crippen LogP contribution < -0.4 is 14.8 Å². The number of anilines is 1. The van der Waals surface area contributed by atoms with Gasteiger partial charge in [-0.25, -0.2) is 0 Å². The van der Waals surface area contributed by atoms with E-state index in [4.69, 9.17) is 9.47 Å². The molecule has 5 rings (SSSR count). The van der Waals surface area contributed by atoms with Gasteiger partial charge in [0.2, 0.25) is 12.7 Å². The van der Waals surface area contributed by atoms with Crippen molar-refractivity contribution in [1.82, 2.24) is 14.8 Å². The summed E-state index contributed by atoms with van der Waals surface area (Å²) in [5, 5.41) is 12.3. The number of rotatable bonds is 6. The van der Waals surface area contributed by atoms with E-state index >= 15 is 0 Å². The molecular weight excluding hydrogens is 412 g/mol. The van der Waals surface area contributed by atoms with Crippen molar-refractivity contribution >= 4 is 23.4 Å². The Bertz CT molecular complexity index is 1210. The molecule has 0 spiro atoms. The van der Waals surface area contributed by atoms with Crippen LogP contribution in [0.4, 0.5) is 5.69 Å². The maximum absolute atomic E-state index is 12.5. The molecule has 8 heteroatoms. The largest absolute Gasteiger partial charge is 0.454 e. The molecule has 0 atom stereocenters. The highest BCUT2D eigenvalue weighted by atomic mass is 32.2. The van der Waals surface area contributed by atoms with E-state index in [0.29, 0.717) is 22.3 Å². The zero-order valence-corrected chi connectivity index (χ0v) is 17.2. The third-order valence-electron chi connectivity index (χ3n) is 4.67. The Hall–Kier alpha value is -3.78. The smallest absolute Gasteiger partial charge is 0.234 e. The highest BCUT2D eigenvalue weighted by Crippen LogP contribution is 2.34. The summed E-state index contributed by atoms with van der Waals surface area (Å²) in [6, 6.07) is 25.1. The third kappa shape index (κ3) is 4.10. The molecule has 4 aromatic rings. The minimum absolute atomic E-state index is 0.146. The van der Waals surface area contributed by atoms with Gasteiger partial charge >= 0.3 is 0 Å². The Morgan fingerprint density at radius 1 is 0.935 bits per heavy atom. The zero-order chi connectivity index (χ0) is 21.0. The van der Waals surface area contributed by atoms with Crippen molar-refractivity contribution < 1.29 is 14.3 Å². The summed E-state index contributed by atoms with van der Waals surface area (Å²) in [5.41, 5.74) is 2.55. The molecule has 3 aromatic carbocycles. The number of fused-ring (bicyclic) bond motifs is 1. The van der Waals surface area contributed by atoms with Gasteiger partial charge in [0.05, 0.1) is 5.75 Å². The van der Waals surface area contributed by atoms with E-state index in [1.165, 1.54) is 11.8 Å². The summed E-state index contributed by atoms with van der Waals surface area (Å²) in [6.07, 6.45) is 0. The predicted molar refractivity (Wildman–Crippen MR) is 119 cm³/mol. The second-order valence-electron chi connectivity index (χ2n) is 6.75. The summed E-state index contributed by atoms with van der Waals surface area (Å²) in [4.78, 5) is 12.5. The number of thioether (sulfide) groups is 1. The van der Waals surface area contributed by atoms with Crippen LogP contribution in [0.2, 0.25) is 0 Å². The molecule has 7 nitrogen and oxygen atoms in total. The summed E-state index contributed by atoms with van der Waals surface area (Å²) in [7, 11) is 0. The Labute approximate surface area is 183 Å². The van der Waals surface area contributed by atoms with E-state index in [1.807, 2.05) is 65.2 Å². The molecule has 31 heavy (non-hydrogen) atoms. The van der Waals surface area contributed by atoms with Gasteiger partial charge in [-0.3, -0.25) is 9.36 Å². The number of nitrogens with zero attached hydrogens (tertiary/aromatic N) is 3. The molecule has 0 saturated carbocycles. The first kappa shape index (κ1) is 19.2. The van der Waals surface area contributed by atoms with Gasteiger partial charge in [-0.05, 0) is 24.3 Å². The lowest BCUT2D eigenvalue weighted by molar-refractivity contribution is -0.113. The molecule has 0 bridgehead atoms. The third-order valence-corrected chi connectivity index (χ3v) is 5.60. The lowest BCUT2D eigenvalue weighted by Gasteiger charge is -2.10. The molecule has 0 radical (unpaired) electrons. The molecule has 0 fully saturated rings. The van der Waals surface area contributed by atoms with Crippen LogP contribution in [0.3, 0.4) is 0 Å². The van der Waals surface area contributed by atoms with Crippen LogP contribution in [0.1, 0.15) is 0 Å². The van der Waals surface area contributed by atoms with E-state index in [0.717, 1.165) is 17.1 Å². The monoisotopic (exact) mass is 430 g/mol. The van der Waals surface area contributed by atoms with Crippen LogP contribution in [0, 0.1) is 0 Å². The summed E-state index contributed by atoms with van der Waals surface area (Å²) >= 11 is 1.33. The fourth-order valence-electron chi connectivity index (χ4n) is 3.25. The number of carbonyl (C=O) groups is 1. The van der Waals surface area contributed by atoms with Crippen molar-refractivity contribution in [3.63, 3.8) is 0 Å². The molecule has 1 aromatic heterocycles. The van der Waals surface area contributed by atoms with Crippen molar-refractivity contribution in [1.29, 1.82) is 0 Å². The molecule has 154 valence electrons. The van der Waals surface area contributed by atoms with Crippen LogP contribution in [0.5, 0.6) is 11.5 Å². The number of aromatic nitrogens is 3. The van der Waals surface area contributed by atoms with Crippen LogP contribution >= 0.6 is 11.8 Å².